The zero-order valence-corrected chi connectivity index (χ0v) is 25.6. The number of rotatable bonds is 11. The summed E-state index contributed by atoms with van der Waals surface area (Å²) in [7, 11) is 1.97. The molecule has 0 saturated carbocycles. The van der Waals surface area contributed by atoms with Gasteiger partial charge >= 0.3 is 11.1 Å². The molecule has 0 radical (unpaired) electrons. The number of non-ortho nitro benzene ring substituents is 1. The lowest BCUT2D eigenvalue weighted by molar-refractivity contribution is -0.742. The van der Waals surface area contributed by atoms with E-state index < -0.39 is 22.9 Å². The number of esters is 1. The second-order valence-electron chi connectivity index (χ2n) is 9.94. The number of nitrogens with zero attached hydrogens (tertiary/aromatic N) is 7. The number of carbonyl (C=O) groups excluding carboxylic acids is 2. The lowest BCUT2D eigenvalue weighted by Gasteiger charge is -2.46. The summed E-state index contributed by atoms with van der Waals surface area (Å²) in [5, 5.41) is 26.9. The van der Waals surface area contributed by atoms with E-state index in [1.165, 1.54) is 40.5 Å². The van der Waals surface area contributed by atoms with Crippen LogP contribution in [0.25, 0.3) is 20.8 Å². The summed E-state index contributed by atoms with van der Waals surface area (Å²) >= 11 is 4.64. The third-order valence-corrected chi connectivity index (χ3v) is 10.7. The van der Waals surface area contributed by atoms with Gasteiger partial charge in [-0.25, -0.2) is 9.36 Å². The highest BCUT2D eigenvalue weighted by Crippen LogP contribution is 2.52. The van der Waals surface area contributed by atoms with E-state index >= 15 is 0 Å². The van der Waals surface area contributed by atoms with Crippen LogP contribution >= 0.6 is 34.9 Å². The highest BCUT2D eigenvalue weighted by molar-refractivity contribution is 7.99. The van der Waals surface area contributed by atoms with E-state index in [1.807, 2.05) is 26.4 Å². The van der Waals surface area contributed by atoms with E-state index in [4.69, 9.17) is 10.3 Å². The van der Waals surface area contributed by atoms with Crippen LogP contribution in [-0.2, 0) is 28.0 Å². The Morgan fingerprint density at radius 2 is 2.10 bits per heavy atom. The maximum absolute atomic E-state index is 13.6. The smallest absolute Gasteiger partial charge is 0.355 e. The number of aromatic nitrogens is 2. The first-order chi connectivity index (χ1) is 20.1. The van der Waals surface area contributed by atoms with Crippen molar-refractivity contribution in [2.75, 3.05) is 18.6 Å². The second-order valence-corrected chi connectivity index (χ2v) is 12.8. The second kappa shape index (κ2) is 12.0. The highest BCUT2D eigenvalue weighted by Gasteiger charge is 2.60. The van der Waals surface area contributed by atoms with Crippen molar-refractivity contribution in [2.45, 2.75) is 42.8 Å². The van der Waals surface area contributed by atoms with E-state index in [-0.39, 0.29) is 35.9 Å². The summed E-state index contributed by atoms with van der Waals surface area (Å²) in [4.78, 5) is 43.3. The van der Waals surface area contributed by atoms with Crippen LogP contribution in [0.5, 0.6) is 0 Å². The fourth-order valence-electron chi connectivity index (χ4n) is 5.60. The van der Waals surface area contributed by atoms with E-state index in [1.54, 1.807) is 30.4 Å². The molecule has 13 nitrogen and oxygen atoms in total. The molecule has 1 amide bonds. The minimum atomic E-state index is -0.877. The van der Waals surface area contributed by atoms with Gasteiger partial charge in [0.25, 0.3) is 5.69 Å². The summed E-state index contributed by atoms with van der Waals surface area (Å²) in [6.45, 7) is 3.75. The molecular weight excluding hydrogens is 603 g/mol. The van der Waals surface area contributed by atoms with E-state index in [9.17, 15) is 24.8 Å². The number of ether oxygens (including phenoxy) is 1. The molecule has 4 heterocycles. The van der Waals surface area contributed by atoms with Crippen LogP contribution in [-0.4, -0.2) is 61.9 Å². The summed E-state index contributed by atoms with van der Waals surface area (Å²) in [6, 6.07) is 5.34. The van der Waals surface area contributed by atoms with E-state index in [0.29, 0.717) is 23.4 Å². The van der Waals surface area contributed by atoms with E-state index in [2.05, 4.69) is 19.0 Å². The number of hydrogen-bond donors (Lipinski definition) is 1. The Bertz CT molecular complexity index is 1660. The summed E-state index contributed by atoms with van der Waals surface area (Å²) < 4.78 is 9.79. The van der Waals surface area contributed by atoms with Gasteiger partial charge in [0.2, 0.25) is 15.8 Å². The van der Waals surface area contributed by atoms with Gasteiger partial charge in [0, 0.05) is 40.8 Å². The topological polar surface area (TPSA) is 167 Å². The SMILES string of the molecule is CSc1n2cc(C3=C(C(=O)OCc4ccc([N+](=O)[O-])cc4)N4C(=O)[C@H]([C@@H](C)O)[C@H]4[C@H]3C)sc2c(SCCN=[N+]=[N-])[n+]1C. The summed E-state index contributed by atoms with van der Waals surface area (Å²) in [6.07, 6.45) is 3.06. The van der Waals surface area contributed by atoms with Crippen molar-refractivity contribution in [3.63, 3.8) is 0 Å². The molecule has 1 saturated heterocycles. The molecule has 0 bridgehead atoms. The maximum Gasteiger partial charge on any atom is 0.355 e. The normalized spacial score (nSPS) is 20.4. The van der Waals surface area contributed by atoms with Crippen LogP contribution < -0.4 is 4.57 Å². The van der Waals surface area contributed by atoms with Crippen LogP contribution in [0, 0.1) is 22.0 Å². The number of benzene rings is 1. The molecule has 2 aromatic heterocycles. The molecule has 0 unspecified atom stereocenters. The molecule has 1 aromatic carbocycles. The summed E-state index contributed by atoms with van der Waals surface area (Å²) in [5.41, 5.74) is 9.97. The van der Waals surface area contributed by atoms with Gasteiger partial charge in [0.1, 0.15) is 18.5 Å². The highest BCUT2D eigenvalue weighted by atomic mass is 32.2. The van der Waals surface area contributed by atoms with Gasteiger partial charge < -0.3 is 14.7 Å². The third-order valence-electron chi connectivity index (χ3n) is 7.48. The summed E-state index contributed by atoms with van der Waals surface area (Å²) in [5.74, 6) is -1.29. The number of aliphatic hydroxyl groups excluding tert-OH is 1. The molecule has 2 aliphatic rings. The van der Waals surface area contributed by atoms with Crippen molar-refractivity contribution < 1.29 is 28.9 Å². The molecule has 0 aliphatic carbocycles. The first kappa shape index (κ1) is 29.9. The number of azide groups is 1. The predicted molar refractivity (Wildman–Crippen MR) is 158 cm³/mol. The molecule has 5 rings (SSSR count). The fraction of sp³-hybridized carbons (Fsp3) is 0.423. The van der Waals surface area contributed by atoms with Crippen molar-refractivity contribution in [3.8, 4) is 0 Å². The molecule has 1 fully saturated rings. The van der Waals surface area contributed by atoms with Crippen LogP contribution in [0.3, 0.4) is 0 Å². The predicted octanol–water partition coefficient (Wildman–Crippen LogP) is 4.17. The van der Waals surface area contributed by atoms with Gasteiger partial charge in [-0.3, -0.25) is 14.9 Å². The zero-order valence-electron chi connectivity index (χ0n) is 23.2. The molecule has 3 aromatic rings. The van der Waals surface area contributed by atoms with Crippen molar-refractivity contribution in [1.29, 1.82) is 0 Å². The number of nitro benzene ring substituents is 1. The molecule has 4 atom stereocenters. The number of aliphatic hydroxyl groups is 1. The fourth-order valence-corrected chi connectivity index (χ4v) is 8.81. The standard InChI is InChI=1S/C26H28N7O6S3/c1-13-18(17-11-31-24(42-17)23(30(3)26(31)40-4)41-10-9-28-29-27)21(32-20(13)19(14(2)34)22(32)35)25(36)39-12-15-5-7-16(8-6-15)33(37)38/h5-8,11,13-14,19-20,34H,9-10,12H2,1-4H3/q+1/t13-,14+,19+,20+/m0/s1. The Hall–Kier alpha value is -3.56. The largest absolute Gasteiger partial charge is 0.456 e. The van der Waals surface area contributed by atoms with Gasteiger partial charge in [0.05, 0.1) is 34.9 Å². The van der Waals surface area contributed by atoms with Gasteiger partial charge in [-0.2, -0.15) is 4.40 Å². The Morgan fingerprint density at radius 3 is 2.71 bits per heavy atom. The Labute approximate surface area is 252 Å². The molecule has 2 aliphatic heterocycles. The third kappa shape index (κ3) is 5.02. The minimum Gasteiger partial charge on any atom is -0.456 e. The number of thioether (sulfide) groups is 2. The molecule has 42 heavy (non-hydrogen) atoms. The maximum atomic E-state index is 13.6. The number of carbonyl (C=O) groups is 2. The van der Waals surface area contributed by atoms with Crippen molar-refractivity contribution in [3.05, 3.63) is 67.2 Å². The lowest BCUT2D eigenvalue weighted by Crippen LogP contribution is -2.63. The van der Waals surface area contributed by atoms with Gasteiger partial charge in [-0.05, 0) is 48.2 Å². The number of hydrogen-bond acceptors (Lipinski definition) is 10. The van der Waals surface area contributed by atoms with Gasteiger partial charge in [0.15, 0.2) is 0 Å². The number of nitro groups is 1. The van der Waals surface area contributed by atoms with Crippen LogP contribution in [0.1, 0.15) is 24.3 Å². The average Bonchev–Trinajstić information content (AvgIpc) is 3.56. The molecular formula is C26H28N7O6S3+. The number of thiazole rings is 1. The molecule has 220 valence electrons. The zero-order chi connectivity index (χ0) is 30.3. The molecule has 1 N–H and O–H groups in total. The number of fused-ring (bicyclic) bond motifs is 2. The Balaban J connectivity index is 1.53. The van der Waals surface area contributed by atoms with Crippen molar-refractivity contribution in [2.24, 2.45) is 24.0 Å². The number of amides is 1. The lowest BCUT2D eigenvalue weighted by atomic mass is 9.77. The van der Waals surface area contributed by atoms with Crippen LogP contribution in [0.15, 0.2) is 51.5 Å². The van der Waals surface area contributed by atoms with Crippen LogP contribution in [0.4, 0.5) is 5.69 Å². The Morgan fingerprint density at radius 1 is 1.38 bits per heavy atom. The monoisotopic (exact) mass is 630 g/mol. The minimum absolute atomic E-state index is 0.0692. The number of imidazole rings is 1. The molecule has 0 spiro atoms. The van der Waals surface area contributed by atoms with Crippen LogP contribution in [0.2, 0.25) is 0 Å². The van der Waals surface area contributed by atoms with Gasteiger partial charge in [-0.15, -0.1) is 0 Å². The quantitative estimate of drug-likeness (QED) is 0.0315. The van der Waals surface area contributed by atoms with Crippen molar-refractivity contribution in [1.82, 2.24) is 9.30 Å². The Kier molecular flexibility index (Phi) is 8.53. The average molecular weight is 631 g/mol. The van der Waals surface area contributed by atoms with Gasteiger partial charge in [-0.1, -0.05) is 35.1 Å². The van der Waals surface area contributed by atoms with E-state index in [0.717, 1.165) is 19.9 Å². The molecule has 16 heteroatoms. The van der Waals surface area contributed by atoms with Crippen molar-refractivity contribution >= 4 is 62.8 Å². The first-order valence-corrected chi connectivity index (χ1v) is 16.0. The first-order valence-electron chi connectivity index (χ1n) is 13.0. The number of β-lactam (4-membered cyclic amide) rings is 1.